The molecule has 0 bridgehead atoms. The summed E-state index contributed by atoms with van der Waals surface area (Å²) < 4.78 is 2.13. The Morgan fingerprint density at radius 3 is 2.63 bits per heavy atom. The van der Waals surface area contributed by atoms with E-state index >= 15 is 0 Å². The number of nitrogens with zero attached hydrogens (tertiary/aromatic N) is 4. The number of para-hydroxylation sites is 2. The monoisotopic (exact) mass is 361 g/mol. The number of benzene rings is 2. The molecule has 0 radical (unpaired) electrons. The van der Waals surface area contributed by atoms with Crippen molar-refractivity contribution in [3.63, 3.8) is 0 Å². The lowest BCUT2D eigenvalue weighted by molar-refractivity contribution is 0.0949. The number of nitrogens with one attached hydrogen (secondary N) is 1. The second-order valence-electron chi connectivity index (χ2n) is 6.70. The quantitative estimate of drug-likeness (QED) is 0.756. The van der Waals surface area contributed by atoms with Gasteiger partial charge in [0.1, 0.15) is 5.82 Å². The number of aryl methyl sites for hydroxylation is 1. The first-order valence-corrected chi connectivity index (χ1v) is 9.29. The van der Waals surface area contributed by atoms with Crippen LogP contribution in [-0.4, -0.2) is 27.7 Å². The van der Waals surface area contributed by atoms with E-state index in [1.165, 1.54) is 0 Å². The van der Waals surface area contributed by atoms with Crippen LogP contribution in [0.25, 0.3) is 11.0 Å². The van der Waals surface area contributed by atoms with Crippen molar-refractivity contribution in [3.8, 4) is 0 Å². The minimum absolute atomic E-state index is 0.0997. The van der Waals surface area contributed by atoms with Crippen LogP contribution in [0.2, 0.25) is 0 Å². The van der Waals surface area contributed by atoms with E-state index in [0.717, 1.165) is 47.8 Å². The summed E-state index contributed by atoms with van der Waals surface area (Å²) in [7, 11) is 0. The molecular weight excluding hydrogens is 338 g/mol. The molecule has 0 fully saturated rings. The van der Waals surface area contributed by atoms with Crippen molar-refractivity contribution in [1.82, 2.24) is 14.9 Å². The summed E-state index contributed by atoms with van der Waals surface area (Å²) in [6, 6.07) is 15.6. The number of imidazole rings is 1. The van der Waals surface area contributed by atoms with Crippen LogP contribution in [0.1, 0.15) is 36.5 Å². The highest BCUT2D eigenvalue weighted by Gasteiger charge is 2.14. The lowest BCUT2D eigenvalue weighted by atomic mass is 10.2. The zero-order chi connectivity index (χ0) is 18.8. The van der Waals surface area contributed by atoms with Crippen LogP contribution in [0, 0.1) is 0 Å². The predicted octanol–water partition coefficient (Wildman–Crippen LogP) is 3.57. The van der Waals surface area contributed by atoms with Crippen molar-refractivity contribution in [2.45, 2.75) is 33.4 Å². The van der Waals surface area contributed by atoms with Gasteiger partial charge in [0.25, 0.3) is 5.91 Å². The van der Waals surface area contributed by atoms with Crippen LogP contribution >= 0.6 is 0 Å². The average molecular weight is 361 g/mol. The van der Waals surface area contributed by atoms with Crippen LogP contribution in [0.3, 0.4) is 0 Å². The topological polar surface area (TPSA) is 62.5 Å². The molecule has 1 aliphatic heterocycles. The largest absolute Gasteiger partial charge is 0.345 e. The molecule has 2 aromatic carbocycles. The van der Waals surface area contributed by atoms with Gasteiger partial charge in [-0.15, -0.1) is 0 Å². The third-order valence-corrected chi connectivity index (χ3v) is 4.86. The molecule has 3 aromatic rings. The van der Waals surface area contributed by atoms with Crippen molar-refractivity contribution in [2.24, 2.45) is 5.10 Å². The van der Waals surface area contributed by atoms with Gasteiger partial charge in [-0.25, -0.2) is 4.98 Å². The normalized spacial score (nSPS) is 13.9. The van der Waals surface area contributed by atoms with E-state index < -0.39 is 0 Å². The number of rotatable bonds is 5. The predicted molar refractivity (Wildman–Crippen MR) is 108 cm³/mol. The number of carbonyl (C=O) groups excluding carboxylic acids is 1. The van der Waals surface area contributed by atoms with Gasteiger partial charge in [0.15, 0.2) is 0 Å². The molecule has 1 N–H and O–H groups in total. The minimum atomic E-state index is -0.0997. The first-order chi connectivity index (χ1) is 13.2. The fourth-order valence-electron chi connectivity index (χ4n) is 3.42. The summed E-state index contributed by atoms with van der Waals surface area (Å²) in [4.78, 5) is 17.2. The van der Waals surface area contributed by atoms with Crippen LogP contribution in [0.5, 0.6) is 0 Å². The molecule has 138 valence electrons. The molecular formula is C21H23N5O. The highest BCUT2D eigenvalue weighted by molar-refractivity contribution is 5.94. The molecule has 27 heavy (non-hydrogen) atoms. The molecule has 1 amide bonds. The minimum Gasteiger partial charge on any atom is -0.345 e. The van der Waals surface area contributed by atoms with Crippen molar-refractivity contribution in [3.05, 3.63) is 59.9 Å². The average Bonchev–Trinajstić information content (AvgIpc) is 3.29. The molecule has 2 heterocycles. The number of carbonyl (C=O) groups is 1. The zero-order valence-electron chi connectivity index (χ0n) is 15.6. The van der Waals surface area contributed by atoms with Crippen molar-refractivity contribution in [1.29, 1.82) is 0 Å². The van der Waals surface area contributed by atoms with E-state index in [-0.39, 0.29) is 5.91 Å². The zero-order valence-corrected chi connectivity index (χ0v) is 15.6. The second-order valence-corrected chi connectivity index (χ2v) is 6.70. The highest BCUT2D eigenvalue weighted by atomic mass is 16.1. The molecule has 6 nitrogen and oxygen atoms in total. The maximum atomic E-state index is 12.5. The second kappa shape index (κ2) is 7.23. The maximum Gasteiger partial charge on any atom is 0.251 e. The van der Waals surface area contributed by atoms with Crippen LogP contribution < -0.4 is 10.3 Å². The number of amides is 1. The van der Waals surface area contributed by atoms with Crippen molar-refractivity contribution >= 4 is 28.3 Å². The standard InChI is InChI=1S/C21H23N5O/c1-3-25-19-7-5-4-6-18(19)23-20(25)14-22-21(27)16-8-10-17(11-9-16)26-13-12-15(2)24-26/h4-11H,3,12-14H2,1-2H3,(H,22,27). The summed E-state index contributed by atoms with van der Waals surface area (Å²) >= 11 is 0. The molecule has 1 aromatic heterocycles. The Hall–Kier alpha value is -3.15. The molecule has 0 saturated heterocycles. The van der Waals surface area contributed by atoms with E-state index in [9.17, 15) is 4.79 Å². The summed E-state index contributed by atoms with van der Waals surface area (Å²) in [5.74, 6) is 0.767. The number of aromatic nitrogens is 2. The summed E-state index contributed by atoms with van der Waals surface area (Å²) in [5, 5.41) is 9.44. The highest BCUT2D eigenvalue weighted by Crippen LogP contribution is 2.20. The third kappa shape index (κ3) is 3.43. The molecule has 1 aliphatic rings. The summed E-state index contributed by atoms with van der Waals surface area (Å²) in [5.41, 5.74) is 4.83. The summed E-state index contributed by atoms with van der Waals surface area (Å²) in [6.07, 6.45) is 0.987. The Bertz CT molecular complexity index is 1000. The van der Waals surface area contributed by atoms with Crippen LogP contribution in [0.4, 0.5) is 5.69 Å². The Morgan fingerprint density at radius 2 is 1.93 bits per heavy atom. The fourth-order valence-corrected chi connectivity index (χ4v) is 3.42. The molecule has 0 saturated carbocycles. The van der Waals surface area contributed by atoms with Gasteiger partial charge < -0.3 is 9.88 Å². The van der Waals surface area contributed by atoms with Gasteiger partial charge in [-0.3, -0.25) is 9.80 Å². The Balaban J connectivity index is 1.45. The molecule has 4 rings (SSSR count). The van der Waals surface area contributed by atoms with E-state index in [1.54, 1.807) is 0 Å². The van der Waals surface area contributed by atoms with Crippen molar-refractivity contribution in [2.75, 3.05) is 11.6 Å². The first-order valence-electron chi connectivity index (χ1n) is 9.29. The van der Waals surface area contributed by atoms with Gasteiger partial charge >= 0.3 is 0 Å². The molecule has 0 atom stereocenters. The van der Waals surface area contributed by atoms with E-state index in [1.807, 2.05) is 54.4 Å². The maximum absolute atomic E-state index is 12.5. The van der Waals surface area contributed by atoms with Gasteiger partial charge in [-0.1, -0.05) is 12.1 Å². The Kier molecular flexibility index (Phi) is 4.62. The number of hydrogen-bond donors (Lipinski definition) is 1. The smallest absolute Gasteiger partial charge is 0.251 e. The summed E-state index contributed by atoms with van der Waals surface area (Å²) in [6.45, 7) is 6.23. The van der Waals surface area contributed by atoms with E-state index in [2.05, 4.69) is 33.0 Å². The number of anilines is 1. The van der Waals surface area contributed by atoms with Crippen molar-refractivity contribution < 1.29 is 4.79 Å². The van der Waals surface area contributed by atoms with E-state index in [4.69, 9.17) is 0 Å². The fraction of sp³-hybridized carbons (Fsp3) is 0.286. The van der Waals surface area contributed by atoms with E-state index in [0.29, 0.717) is 12.1 Å². The van der Waals surface area contributed by atoms with Crippen LogP contribution in [0.15, 0.2) is 53.6 Å². The molecule has 0 aliphatic carbocycles. The van der Waals surface area contributed by atoms with Gasteiger partial charge in [-0.05, 0) is 50.2 Å². The van der Waals surface area contributed by atoms with Gasteiger partial charge in [0.05, 0.1) is 23.3 Å². The van der Waals surface area contributed by atoms with Gasteiger partial charge in [0.2, 0.25) is 0 Å². The Labute approximate surface area is 158 Å². The molecule has 0 spiro atoms. The SMILES string of the molecule is CCn1c(CNC(=O)c2ccc(N3CCC(C)=N3)cc2)nc2ccccc21. The number of hydrogen-bond acceptors (Lipinski definition) is 4. The lowest BCUT2D eigenvalue weighted by Gasteiger charge is -2.14. The van der Waals surface area contributed by atoms with Gasteiger partial charge in [0, 0.05) is 30.8 Å². The van der Waals surface area contributed by atoms with Crippen LogP contribution in [-0.2, 0) is 13.1 Å². The Morgan fingerprint density at radius 1 is 1.15 bits per heavy atom. The number of hydrazone groups is 1. The lowest BCUT2D eigenvalue weighted by Crippen LogP contribution is -2.24. The van der Waals surface area contributed by atoms with Gasteiger partial charge in [-0.2, -0.15) is 5.10 Å². The first kappa shape index (κ1) is 17.3. The molecule has 0 unspecified atom stereocenters. The number of fused-ring (bicyclic) bond motifs is 1. The third-order valence-electron chi connectivity index (χ3n) is 4.86. The molecule has 6 heteroatoms.